The minimum Gasteiger partial charge on any atom is -0.393 e. The molecule has 0 atom stereocenters. The average molecular weight is 519 g/mol. The Morgan fingerprint density at radius 2 is 1.40 bits per heavy atom. The summed E-state index contributed by atoms with van der Waals surface area (Å²) in [7, 11) is -3.95. The Morgan fingerprint density at radius 1 is 0.857 bits per heavy atom. The van der Waals surface area contributed by atoms with Crippen LogP contribution in [0.25, 0.3) is 11.1 Å². The highest BCUT2D eigenvalue weighted by Gasteiger charge is 2.39. The molecule has 0 aromatic heterocycles. The van der Waals surface area contributed by atoms with Gasteiger partial charge < -0.3 is 26.2 Å². The van der Waals surface area contributed by atoms with Gasteiger partial charge in [0.2, 0.25) is 10.0 Å². The first kappa shape index (κ1) is 26.1. The number of benzene rings is 3. The summed E-state index contributed by atoms with van der Waals surface area (Å²) >= 11 is 5.81. The zero-order valence-electron chi connectivity index (χ0n) is 18.2. The number of nitrogens with two attached hydrogens (primary N) is 1. The summed E-state index contributed by atoms with van der Waals surface area (Å²) in [5, 5.41) is 32.7. The molecule has 7 N–H and O–H groups in total. The molecule has 3 aromatic rings. The Balaban J connectivity index is 1.75. The maximum atomic E-state index is 12.9. The van der Waals surface area contributed by atoms with Crippen LogP contribution in [0, 0.1) is 0 Å². The fourth-order valence-corrected chi connectivity index (χ4v) is 4.07. The second kappa shape index (κ2) is 10.8. The molecule has 35 heavy (non-hydrogen) atoms. The molecule has 3 aromatic carbocycles. The van der Waals surface area contributed by atoms with Crippen molar-refractivity contribution >= 4 is 44.9 Å². The van der Waals surface area contributed by atoms with E-state index >= 15 is 0 Å². The van der Waals surface area contributed by atoms with Crippen LogP contribution in [-0.4, -0.2) is 49.3 Å². The Hall–Kier alpha value is -3.48. The van der Waals surface area contributed by atoms with E-state index in [2.05, 4.69) is 16.0 Å². The monoisotopic (exact) mass is 518 g/mol. The lowest BCUT2D eigenvalue weighted by atomic mass is 10.0. The van der Waals surface area contributed by atoms with Gasteiger partial charge in [-0.25, -0.2) is 18.4 Å². The number of hydrogen-bond donors (Lipinski definition) is 6. The summed E-state index contributed by atoms with van der Waals surface area (Å²) in [5.74, 6) is -0.869. The summed E-state index contributed by atoms with van der Waals surface area (Å²) in [5.41, 5.74) is -0.460. The number of aliphatic hydroxyl groups is 2. The van der Waals surface area contributed by atoms with Crippen molar-refractivity contribution in [3.63, 3.8) is 0 Å². The number of carbonyl (C=O) groups is 2. The Kier molecular flexibility index (Phi) is 8.10. The molecular formula is C23H23ClN4O6S. The van der Waals surface area contributed by atoms with Crippen LogP contribution in [0.3, 0.4) is 0 Å². The fourth-order valence-electron chi connectivity index (χ4n) is 3.18. The van der Waals surface area contributed by atoms with Gasteiger partial charge in [-0.3, -0.25) is 4.79 Å². The molecule has 12 heteroatoms. The molecule has 0 bridgehead atoms. The van der Waals surface area contributed by atoms with Crippen molar-refractivity contribution in [2.45, 2.75) is 10.4 Å². The van der Waals surface area contributed by atoms with Crippen molar-refractivity contribution in [2.24, 2.45) is 5.14 Å². The van der Waals surface area contributed by atoms with E-state index in [0.29, 0.717) is 21.8 Å². The molecule has 184 valence electrons. The quantitative estimate of drug-likeness (QED) is 0.266. The van der Waals surface area contributed by atoms with E-state index in [1.54, 1.807) is 42.5 Å². The highest BCUT2D eigenvalue weighted by Crippen LogP contribution is 2.27. The second-order valence-electron chi connectivity index (χ2n) is 7.56. The summed E-state index contributed by atoms with van der Waals surface area (Å²) in [6.07, 6.45) is 0. The SMILES string of the molecule is NS(=O)(=O)c1ccccc1-c1ccc(NC(=O)C(CO)(CO)NC(=O)Nc2ccc(Cl)cc2)cc1. The molecule has 0 aliphatic carbocycles. The van der Waals surface area contributed by atoms with Crippen LogP contribution in [0.15, 0.2) is 77.7 Å². The minimum atomic E-state index is -3.95. The van der Waals surface area contributed by atoms with Gasteiger partial charge in [-0.15, -0.1) is 0 Å². The Morgan fingerprint density at radius 3 is 1.97 bits per heavy atom. The molecule has 0 saturated heterocycles. The third-order valence-electron chi connectivity index (χ3n) is 5.08. The number of nitrogens with one attached hydrogen (secondary N) is 3. The van der Waals surface area contributed by atoms with Crippen LogP contribution < -0.4 is 21.1 Å². The molecule has 0 saturated carbocycles. The molecule has 0 fully saturated rings. The zero-order chi connectivity index (χ0) is 25.6. The molecule has 0 radical (unpaired) electrons. The van der Waals surface area contributed by atoms with E-state index in [1.165, 1.54) is 30.3 Å². The third kappa shape index (κ3) is 6.35. The van der Waals surface area contributed by atoms with Gasteiger partial charge in [0.1, 0.15) is 0 Å². The molecule has 3 rings (SSSR count). The number of amides is 3. The van der Waals surface area contributed by atoms with Gasteiger partial charge >= 0.3 is 6.03 Å². The van der Waals surface area contributed by atoms with Crippen molar-refractivity contribution in [1.82, 2.24) is 5.32 Å². The van der Waals surface area contributed by atoms with Crippen molar-refractivity contribution in [3.8, 4) is 11.1 Å². The number of hydrogen-bond acceptors (Lipinski definition) is 6. The van der Waals surface area contributed by atoms with Gasteiger partial charge in [0.05, 0.1) is 18.1 Å². The first-order valence-electron chi connectivity index (χ1n) is 10.2. The van der Waals surface area contributed by atoms with Crippen LogP contribution in [0.5, 0.6) is 0 Å². The highest BCUT2D eigenvalue weighted by atomic mass is 35.5. The van der Waals surface area contributed by atoms with Gasteiger partial charge in [-0.05, 0) is 48.0 Å². The average Bonchev–Trinajstić information content (AvgIpc) is 2.84. The fraction of sp³-hybridized carbons (Fsp3) is 0.130. The summed E-state index contributed by atoms with van der Waals surface area (Å²) in [6.45, 7) is -1.77. The van der Waals surface area contributed by atoms with Gasteiger partial charge in [-0.1, -0.05) is 41.9 Å². The van der Waals surface area contributed by atoms with Crippen LogP contribution in [0.2, 0.25) is 5.02 Å². The van der Waals surface area contributed by atoms with Crippen LogP contribution in [0.1, 0.15) is 0 Å². The lowest BCUT2D eigenvalue weighted by Crippen LogP contribution is -2.62. The Labute approximate surface area is 206 Å². The first-order valence-corrected chi connectivity index (χ1v) is 12.1. The van der Waals surface area contributed by atoms with E-state index < -0.39 is 40.7 Å². The number of halogens is 1. The normalized spacial score (nSPS) is 11.5. The zero-order valence-corrected chi connectivity index (χ0v) is 19.8. The lowest BCUT2D eigenvalue weighted by molar-refractivity contribution is -0.125. The minimum absolute atomic E-state index is 0.0488. The lowest BCUT2D eigenvalue weighted by Gasteiger charge is -2.29. The molecule has 0 unspecified atom stereocenters. The summed E-state index contributed by atoms with van der Waals surface area (Å²) in [6, 6.07) is 17.7. The molecular weight excluding hydrogens is 496 g/mol. The van der Waals surface area contributed by atoms with Crippen molar-refractivity contribution in [3.05, 3.63) is 77.8 Å². The number of primary sulfonamides is 1. The van der Waals surface area contributed by atoms with Crippen molar-refractivity contribution in [2.75, 3.05) is 23.8 Å². The molecule has 0 spiro atoms. The Bertz CT molecular complexity index is 1310. The number of sulfonamides is 1. The molecule has 0 heterocycles. The van der Waals surface area contributed by atoms with Crippen LogP contribution >= 0.6 is 11.6 Å². The predicted octanol–water partition coefficient (Wildman–Crippen LogP) is 2.14. The van der Waals surface area contributed by atoms with Gasteiger partial charge in [-0.2, -0.15) is 0 Å². The van der Waals surface area contributed by atoms with Gasteiger partial charge in [0, 0.05) is 22.0 Å². The topological polar surface area (TPSA) is 171 Å². The number of carbonyl (C=O) groups excluding carboxylic acids is 2. The molecule has 0 aliphatic heterocycles. The van der Waals surface area contributed by atoms with E-state index in [-0.39, 0.29) is 10.6 Å². The largest absolute Gasteiger partial charge is 0.393 e. The standard InChI is InChI=1S/C23H23ClN4O6S/c24-16-7-11-18(12-8-16)27-22(32)28-23(13-29,14-30)21(31)26-17-9-5-15(6-10-17)19-3-1-2-4-20(19)35(25,33)34/h1-12,29-30H,13-14H2,(H,26,31)(H2,25,33,34)(H2,27,28,32). The molecule has 3 amide bonds. The second-order valence-corrected chi connectivity index (χ2v) is 9.52. The van der Waals surface area contributed by atoms with E-state index in [1.807, 2.05) is 0 Å². The van der Waals surface area contributed by atoms with E-state index in [9.17, 15) is 28.2 Å². The van der Waals surface area contributed by atoms with Gasteiger partial charge in [0.25, 0.3) is 5.91 Å². The first-order chi connectivity index (χ1) is 16.6. The number of urea groups is 1. The number of rotatable bonds is 8. The summed E-state index contributed by atoms with van der Waals surface area (Å²) in [4.78, 5) is 25.2. The molecule has 10 nitrogen and oxygen atoms in total. The van der Waals surface area contributed by atoms with Gasteiger partial charge in [0.15, 0.2) is 5.54 Å². The molecule has 0 aliphatic rings. The maximum absolute atomic E-state index is 12.9. The van der Waals surface area contributed by atoms with E-state index in [0.717, 1.165) is 0 Å². The van der Waals surface area contributed by atoms with Crippen molar-refractivity contribution in [1.29, 1.82) is 0 Å². The van der Waals surface area contributed by atoms with Crippen molar-refractivity contribution < 1.29 is 28.2 Å². The highest BCUT2D eigenvalue weighted by molar-refractivity contribution is 7.89. The van der Waals surface area contributed by atoms with Crippen LogP contribution in [-0.2, 0) is 14.8 Å². The third-order valence-corrected chi connectivity index (χ3v) is 6.30. The smallest absolute Gasteiger partial charge is 0.320 e. The number of aliphatic hydroxyl groups excluding tert-OH is 2. The predicted molar refractivity (Wildman–Crippen MR) is 132 cm³/mol. The van der Waals surface area contributed by atoms with E-state index in [4.69, 9.17) is 16.7 Å². The summed E-state index contributed by atoms with van der Waals surface area (Å²) < 4.78 is 23.7. The number of anilines is 2. The van der Waals surface area contributed by atoms with Crippen LogP contribution in [0.4, 0.5) is 16.2 Å². The maximum Gasteiger partial charge on any atom is 0.320 e.